The lowest BCUT2D eigenvalue weighted by Crippen LogP contribution is -2.68. The van der Waals surface area contributed by atoms with Gasteiger partial charge in [0, 0.05) is 23.8 Å². The highest BCUT2D eigenvalue weighted by molar-refractivity contribution is 6.31. The molecule has 7 nitrogen and oxygen atoms in total. The first kappa shape index (κ1) is 45.1. The van der Waals surface area contributed by atoms with E-state index in [9.17, 15) is 14.7 Å². The first-order valence-corrected chi connectivity index (χ1v) is 23.8. The van der Waals surface area contributed by atoms with Crippen LogP contribution in [-0.4, -0.2) is 33.7 Å². The Kier molecular flexibility index (Phi) is 11.4. The molecule has 1 heterocycles. The Balaban J connectivity index is 1.31. The van der Waals surface area contributed by atoms with Crippen LogP contribution >= 0.6 is 11.6 Å². The number of carboxylic acids is 1. The first-order valence-electron chi connectivity index (χ1n) is 23.4. The summed E-state index contributed by atoms with van der Waals surface area (Å²) in [7, 11) is 1.67. The SMILES string of the molecule is C=C(CC(C)(C)C(=O)O)O[C@H]1CCC2(C)[C@H]3CCC4(C)C5=C(C(C)C)[C@@H](C)C[C@]5(c5c(Cl)c(=O)n(-c6ccc(OC)cc6)n5CCCC)CC[C@@]4(C)C3(C)CC[C@H]2C1(C)C. The number of hydrogen-bond donors (Lipinski definition) is 1. The highest BCUT2D eigenvalue weighted by Crippen LogP contribution is 2.81. The van der Waals surface area contributed by atoms with Crippen LogP contribution < -0.4 is 10.3 Å². The Labute approximate surface area is 366 Å². The highest BCUT2D eigenvalue weighted by atomic mass is 35.5. The lowest BCUT2D eigenvalue weighted by molar-refractivity contribution is -0.246. The van der Waals surface area contributed by atoms with Crippen LogP contribution in [0, 0.1) is 56.2 Å². The zero-order valence-electron chi connectivity index (χ0n) is 39.4. The lowest BCUT2D eigenvalue weighted by atomic mass is 9.30. The molecule has 0 amide bonds. The van der Waals surface area contributed by atoms with Crippen molar-refractivity contribution in [1.29, 1.82) is 0 Å². The third-order valence-electron chi connectivity index (χ3n) is 18.7. The zero-order valence-corrected chi connectivity index (χ0v) is 40.2. The van der Waals surface area contributed by atoms with E-state index in [4.69, 9.17) is 21.1 Å². The largest absolute Gasteiger partial charge is 0.497 e. The number of allylic oxidation sites excluding steroid dienone is 3. The second kappa shape index (κ2) is 15.1. The molecule has 8 heteroatoms. The minimum absolute atomic E-state index is 0.00998. The average molecular weight is 846 g/mol. The zero-order chi connectivity index (χ0) is 44.2. The number of aliphatic carboxylic acids is 1. The fraction of sp³-hybridized carbons (Fsp3) is 0.731. The molecule has 5 aliphatic carbocycles. The lowest BCUT2D eigenvalue weighted by Gasteiger charge is -2.75. The highest BCUT2D eigenvalue weighted by Gasteiger charge is 2.74. The number of carbonyl (C=O) groups is 1. The van der Waals surface area contributed by atoms with Gasteiger partial charge in [-0.25, -0.2) is 4.68 Å². The average Bonchev–Trinajstić information content (AvgIpc) is 3.62. The van der Waals surface area contributed by atoms with Crippen molar-refractivity contribution in [2.24, 2.45) is 56.2 Å². The second-order valence-electron chi connectivity index (χ2n) is 22.8. The summed E-state index contributed by atoms with van der Waals surface area (Å²) in [6.07, 6.45) is 12.1. The van der Waals surface area contributed by atoms with E-state index >= 15 is 0 Å². The molecule has 9 atom stereocenters. The molecule has 7 rings (SSSR count). The summed E-state index contributed by atoms with van der Waals surface area (Å²) in [6.45, 7) is 33.5. The number of methoxy groups -OCH3 is 1. The Morgan fingerprint density at radius 1 is 0.983 bits per heavy atom. The molecule has 1 aromatic heterocycles. The van der Waals surface area contributed by atoms with Gasteiger partial charge in [0.15, 0.2) is 0 Å². The van der Waals surface area contributed by atoms with Crippen LogP contribution in [0.5, 0.6) is 5.75 Å². The maximum Gasteiger partial charge on any atom is 0.309 e. The second-order valence-corrected chi connectivity index (χ2v) is 23.1. The quantitative estimate of drug-likeness (QED) is 0.170. The van der Waals surface area contributed by atoms with Crippen molar-refractivity contribution >= 4 is 17.6 Å². The molecule has 0 aliphatic heterocycles. The van der Waals surface area contributed by atoms with Crippen molar-refractivity contribution in [3.8, 4) is 11.4 Å². The molecule has 332 valence electrons. The van der Waals surface area contributed by atoms with Crippen LogP contribution in [0.4, 0.5) is 0 Å². The van der Waals surface area contributed by atoms with Gasteiger partial charge in [-0.05, 0) is 148 Å². The monoisotopic (exact) mass is 845 g/mol. The molecule has 1 N–H and O–H groups in total. The van der Waals surface area contributed by atoms with Gasteiger partial charge >= 0.3 is 5.97 Å². The molecule has 5 aliphatic rings. The Hall–Kier alpha value is -2.93. The van der Waals surface area contributed by atoms with Crippen LogP contribution in [0.1, 0.15) is 166 Å². The van der Waals surface area contributed by atoms with Crippen molar-refractivity contribution in [2.45, 2.75) is 178 Å². The van der Waals surface area contributed by atoms with Gasteiger partial charge in [0.1, 0.15) is 16.9 Å². The standard InChI is InChI=1S/C52H77ClN2O5/c1-15-16-29-54-43(41(53)44(56)55(54)35-17-19-36(59-14)20-18-35)52-28-27-51(13)49(11)25-21-37-47(8,9)39(60-34(5)31-46(6,7)45(57)58)23-24-48(37,10)38(49)22-26-50(51,12)42(52)40(32(2)3)33(4)30-52/h17-20,32-33,37-39H,5,15-16,21-31H2,1-4,6-14H3,(H,57,58)/t33-,37-,38+,39-,48?,49?,50?,51-,52+/m0/s1. The molecule has 0 spiro atoms. The summed E-state index contributed by atoms with van der Waals surface area (Å²) in [6, 6.07) is 7.85. The molecular weight excluding hydrogens is 768 g/mol. The van der Waals surface area contributed by atoms with Crippen LogP contribution in [-0.2, 0) is 21.5 Å². The number of hydrogen-bond acceptors (Lipinski definition) is 4. The van der Waals surface area contributed by atoms with E-state index in [-0.39, 0.29) is 44.2 Å². The Morgan fingerprint density at radius 3 is 2.23 bits per heavy atom. The third-order valence-corrected chi connectivity index (χ3v) is 19.0. The minimum Gasteiger partial charge on any atom is -0.497 e. The Morgan fingerprint density at radius 2 is 1.63 bits per heavy atom. The number of rotatable bonds is 12. The maximum absolute atomic E-state index is 14.6. The topological polar surface area (TPSA) is 82.7 Å². The van der Waals surface area contributed by atoms with E-state index in [1.165, 1.54) is 12.8 Å². The summed E-state index contributed by atoms with van der Waals surface area (Å²) < 4.78 is 16.4. The molecule has 2 aromatic rings. The number of nitrogens with zero attached hydrogens (tertiary/aromatic N) is 2. The third kappa shape index (κ3) is 6.28. The molecule has 0 saturated heterocycles. The van der Waals surface area contributed by atoms with Crippen LogP contribution in [0.25, 0.3) is 5.69 Å². The smallest absolute Gasteiger partial charge is 0.309 e. The number of fused-ring (bicyclic) bond motifs is 7. The van der Waals surface area contributed by atoms with Gasteiger partial charge < -0.3 is 14.6 Å². The van der Waals surface area contributed by atoms with Crippen LogP contribution in [0.3, 0.4) is 0 Å². The summed E-state index contributed by atoms with van der Waals surface area (Å²) in [5, 5.41) is 10.2. The van der Waals surface area contributed by atoms with E-state index in [1.54, 1.807) is 32.1 Å². The fourth-order valence-electron chi connectivity index (χ4n) is 15.6. The van der Waals surface area contributed by atoms with E-state index in [0.717, 1.165) is 81.5 Å². The van der Waals surface area contributed by atoms with Gasteiger partial charge in [0.05, 0.1) is 29.7 Å². The summed E-state index contributed by atoms with van der Waals surface area (Å²) in [5.74, 6) is 2.36. The minimum atomic E-state index is -0.917. The normalized spacial score (nSPS) is 36.0. The molecule has 4 fully saturated rings. The van der Waals surface area contributed by atoms with Gasteiger partial charge in [-0.2, -0.15) is 0 Å². The van der Waals surface area contributed by atoms with Crippen molar-refractivity contribution in [3.05, 3.63) is 68.8 Å². The molecule has 0 radical (unpaired) electrons. The summed E-state index contributed by atoms with van der Waals surface area (Å²) >= 11 is 7.54. The van der Waals surface area contributed by atoms with Crippen molar-refractivity contribution in [3.63, 3.8) is 0 Å². The summed E-state index contributed by atoms with van der Waals surface area (Å²) in [5.41, 5.74) is 3.87. The fourth-order valence-corrected chi connectivity index (χ4v) is 16.0. The van der Waals surface area contributed by atoms with Gasteiger partial charge in [-0.15, -0.1) is 0 Å². The van der Waals surface area contributed by atoms with E-state index < -0.39 is 11.4 Å². The molecular formula is C52H77ClN2O5. The number of halogens is 1. The molecule has 60 heavy (non-hydrogen) atoms. The number of carboxylic acid groups (broad SMARTS) is 1. The molecule has 1 aromatic carbocycles. The van der Waals surface area contributed by atoms with Crippen molar-refractivity contribution < 1.29 is 19.4 Å². The van der Waals surface area contributed by atoms with Gasteiger partial charge in [0.2, 0.25) is 0 Å². The number of ether oxygens (including phenoxy) is 2. The van der Waals surface area contributed by atoms with E-state index in [1.807, 2.05) is 28.9 Å². The molecule has 0 bridgehead atoms. The van der Waals surface area contributed by atoms with Crippen molar-refractivity contribution in [1.82, 2.24) is 9.36 Å². The predicted octanol–water partition coefficient (Wildman–Crippen LogP) is 13.2. The number of benzene rings is 1. The van der Waals surface area contributed by atoms with E-state index in [0.29, 0.717) is 40.9 Å². The Bertz CT molecular complexity index is 2110. The molecule has 4 saturated carbocycles. The number of unbranched alkanes of at least 4 members (excludes halogenated alkanes) is 1. The van der Waals surface area contributed by atoms with Gasteiger partial charge in [-0.1, -0.05) is 105 Å². The predicted molar refractivity (Wildman–Crippen MR) is 244 cm³/mol. The van der Waals surface area contributed by atoms with Gasteiger partial charge in [0.25, 0.3) is 5.56 Å². The number of aromatic nitrogens is 2. The van der Waals surface area contributed by atoms with Crippen LogP contribution in [0.15, 0.2) is 52.5 Å². The van der Waals surface area contributed by atoms with Crippen LogP contribution in [0.2, 0.25) is 5.02 Å². The first-order chi connectivity index (χ1) is 27.9. The van der Waals surface area contributed by atoms with Crippen molar-refractivity contribution in [2.75, 3.05) is 7.11 Å². The molecule has 3 unspecified atom stereocenters. The van der Waals surface area contributed by atoms with E-state index in [2.05, 4.69) is 80.5 Å². The maximum atomic E-state index is 14.6. The van der Waals surface area contributed by atoms with Gasteiger partial charge in [-0.3, -0.25) is 14.3 Å². The summed E-state index contributed by atoms with van der Waals surface area (Å²) in [4.78, 5) is 26.6.